The summed E-state index contributed by atoms with van der Waals surface area (Å²) in [6.45, 7) is 0.492. The first-order valence-corrected chi connectivity index (χ1v) is 7.92. The smallest absolute Gasteiger partial charge is 0.248 e. The number of amides is 2. The fourth-order valence-corrected chi connectivity index (χ4v) is 3.14. The molecular formula is C15H24F2N2O4. The number of nitrogens with one attached hydrogen (secondary N) is 1. The van der Waals surface area contributed by atoms with Gasteiger partial charge in [-0.1, -0.05) is 0 Å². The van der Waals surface area contributed by atoms with E-state index in [-0.39, 0.29) is 63.7 Å². The summed E-state index contributed by atoms with van der Waals surface area (Å²) >= 11 is 0. The van der Waals surface area contributed by atoms with Gasteiger partial charge in [0.05, 0.1) is 26.2 Å². The van der Waals surface area contributed by atoms with Crippen molar-refractivity contribution in [2.45, 2.75) is 43.6 Å². The normalized spacial score (nSPS) is 29.0. The van der Waals surface area contributed by atoms with Crippen LogP contribution < -0.4 is 5.32 Å². The van der Waals surface area contributed by atoms with E-state index >= 15 is 0 Å². The van der Waals surface area contributed by atoms with E-state index in [4.69, 9.17) is 4.74 Å². The Kier molecular flexibility index (Phi) is 5.57. The number of carbonyl (C=O) groups is 2. The van der Waals surface area contributed by atoms with Crippen molar-refractivity contribution in [2.75, 3.05) is 33.4 Å². The third kappa shape index (κ3) is 4.84. The minimum absolute atomic E-state index is 0.0217. The summed E-state index contributed by atoms with van der Waals surface area (Å²) in [4.78, 5) is 25.6. The highest BCUT2D eigenvalue weighted by Gasteiger charge is 2.41. The van der Waals surface area contributed by atoms with Crippen LogP contribution in [-0.2, 0) is 14.3 Å². The maximum Gasteiger partial charge on any atom is 0.248 e. The highest BCUT2D eigenvalue weighted by Crippen LogP contribution is 2.37. The van der Waals surface area contributed by atoms with Gasteiger partial charge in [0.2, 0.25) is 17.7 Å². The van der Waals surface area contributed by atoms with Gasteiger partial charge in [0.1, 0.15) is 5.60 Å². The molecule has 8 heteroatoms. The second kappa shape index (κ2) is 7.09. The second-order valence-corrected chi connectivity index (χ2v) is 6.52. The van der Waals surface area contributed by atoms with Gasteiger partial charge in [-0.25, -0.2) is 8.78 Å². The van der Waals surface area contributed by atoms with Gasteiger partial charge in [-0.3, -0.25) is 9.59 Å². The Morgan fingerprint density at radius 2 is 2.00 bits per heavy atom. The molecule has 0 spiro atoms. The van der Waals surface area contributed by atoms with Crippen molar-refractivity contribution in [3.8, 4) is 0 Å². The van der Waals surface area contributed by atoms with Gasteiger partial charge >= 0.3 is 0 Å². The Balaban J connectivity index is 2.00. The SMILES string of the molecule is CNC(=O)CC1(O)COCCN(C(=O)C2CCC(F)(F)CC2)C1. The lowest BCUT2D eigenvalue weighted by Gasteiger charge is -2.34. The number of nitrogens with zero attached hydrogens (tertiary/aromatic N) is 1. The zero-order valence-corrected chi connectivity index (χ0v) is 13.3. The lowest BCUT2D eigenvalue weighted by molar-refractivity contribution is -0.144. The Morgan fingerprint density at radius 1 is 1.35 bits per heavy atom. The lowest BCUT2D eigenvalue weighted by atomic mass is 9.85. The number of β-amino-alcohol motifs (C(OH)–C–C–N with tert-alkyl or cyclic N) is 1. The first-order chi connectivity index (χ1) is 10.7. The molecule has 1 unspecified atom stereocenters. The van der Waals surface area contributed by atoms with Crippen LogP contribution in [0, 0.1) is 5.92 Å². The number of rotatable bonds is 3. The first-order valence-electron chi connectivity index (χ1n) is 7.92. The monoisotopic (exact) mass is 334 g/mol. The standard InChI is InChI=1S/C15H24F2N2O4/c1-18-12(20)8-14(22)9-19(6-7-23-10-14)13(21)11-2-4-15(16,17)5-3-11/h11,22H,2-10H2,1H3,(H,18,20). The van der Waals surface area contributed by atoms with Crippen molar-refractivity contribution < 1.29 is 28.2 Å². The Hall–Kier alpha value is -1.28. The van der Waals surface area contributed by atoms with Gasteiger partial charge in [-0.2, -0.15) is 0 Å². The summed E-state index contributed by atoms with van der Waals surface area (Å²) in [7, 11) is 1.47. The predicted octanol–water partition coefficient (Wildman–Crippen LogP) is 0.538. The molecule has 23 heavy (non-hydrogen) atoms. The van der Waals surface area contributed by atoms with E-state index in [0.29, 0.717) is 6.54 Å². The van der Waals surface area contributed by atoms with Gasteiger partial charge in [0.25, 0.3) is 0 Å². The molecule has 0 aromatic heterocycles. The summed E-state index contributed by atoms with van der Waals surface area (Å²) in [6.07, 6.45) is -0.434. The number of carbonyl (C=O) groups excluding carboxylic acids is 2. The van der Waals surface area contributed by atoms with Crippen LogP contribution in [0.3, 0.4) is 0 Å². The van der Waals surface area contributed by atoms with Gasteiger partial charge in [0, 0.05) is 32.4 Å². The molecule has 1 saturated heterocycles. The van der Waals surface area contributed by atoms with Crippen LogP contribution >= 0.6 is 0 Å². The van der Waals surface area contributed by atoms with Gasteiger partial charge in [0.15, 0.2) is 0 Å². The molecule has 1 aliphatic heterocycles. The van der Waals surface area contributed by atoms with E-state index < -0.39 is 17.4 Å². The van der Waals surface area contributed by atoms with E-state index in [0.717, 1.165) is 0 Å². The fourth-order valence-electron chi connectivity index (χ4n) is 3.14. The van der Waals surface area contributed by atoms with Crippen LogP contribution in [0.25, 0.3) is 0 Å². The molecule has 1 atom stereocenters. The minimum atomic E-state index is -2.68. The highest BCUT2D eigenvalue weighted by atomic mass is 19.3. The molecule has 1 heterocycles. The van der Waals surface area contributed by atoms with E-state index in [1.807, 2.05) is 0 Å². The van der Waals surface area contributed by atoms with Crippen LogP contribution in [0.15, 0.2) is 0 Å². The average Bonchev–Trinajstić information content (AvgIpc) is 2.68. The van der Waals surface area contributed by atoms with Crippen molar-refractivity contribution in [1.82, 2.24) is 10.2 Å². The van der Waals surface area contributed by atoms with Crippen molar-refractivity contribution in [3.63, 3.8) is 0 Å². The number of halogens is 2. The molecule has 2 N–H and O–H groups in total. The van der Waals surface area contributed by atoms with E-state index in [1.54, 1.807) is 0 Å². The third-order valence-electron chi connectivity index (χ3n) is 4.51. The van der Waals surface area contributed by atoms with Crippen LogP contribution in [0.2, 0.25) is 0 Å². The maximum atomic E-state index is 13.2. The molecule has 2 rings (SSSR count). The number of hydrogen-bond donors (Lipinski definition) is 2. The molecule has 2 fully saturated rings. The molecule has 132 valence electrons. The summed E-state index contributed by atoms with van der Waals surface area (Å²) in [5.74, 6) is -3.71. The Labute approximate surface area is 134 Å². The van der Waals surface area contributed by atoms with E-state index in [2.05, 4.69) is 5.32 Å². The predicted molar refractivity (Wildman–Crippen MR) is 77.9 cm³/mol. The van der Waals surface area contributed by atoms with Crippen LogP contribution in [0.5, 0.6) is 0 Å². The maximum absolute atomic E-state index is 13.2. The van der Waals surface area contributed by atoms with Crippen LogP contribution in [0.4, 0.5) is 8.78 Å². The van der Waals surface area contributed by atoms with E-state index in [9.17, 15) is 23.5 Å². The molecule has 2 amide bonds. The highest BCUT2D eigenvalue weighted by molar-refractivity contribution is 5.80. The molecule has 0 aromatic carbocycles. The number of alkyl halides is 2. The average molecular weight is 334 g/mol. The van der Waals surface area contributed by atoms with Crippen LogP contribution in [-0.4, -0.2) is 66.7 Å². The zero-order chi connectivity index (χ0) is 17.1. The van der Waals surface area contributed by atoms with Crippen molar-refractivity contribution in [3.05, 3.63) is 0 Å². The molecule has 0 radical (unpaired) electrons. The topological polar surface area (TPSA) is 78.9 Å². The number of ether oxygens (including phenoxy) is 1. The third-order valence-corrected chi connectivity index (χ3v) is 4.51. The number of aliphatic hydroxyl groups is 1. The first kappa shape index (κ1) is 18.1. The summed E-state index contributed by atoms with van der Waals surface area (Å²) in [5, 5.41) is 13.0. The summed E-state index contributed by atoms with van der Waals surface area (Å²) in [5.41, 5.74) is -1.45. The summed E-state index contributed by atoms with van der Waals surface area (Å²) in [6, 6.07) is 0. The van der Waals surface area contributed by atoms with Gasteiger partial charge < -0.3 is 20.1 Å². The van der Waals surface area contributed by atoms with E-state index in [1.165, 1.54) is 11.9 Å². The molecule has 0 aromatic rings. The van der Waals surface area contributed by atoms with Gasteiger partial charge in [-0.05, 0) is 12.8 Å². The minimum Gasteiger partial charge on any atom is -0.385 e. The molecule has 6 nitrogen and oxygen atoms in total. The quantitative estimate of drug-likeness (QED) is 0.789. The second-order valence-electron chi connectivity index (χ2n) is 6.52. The molecule has 0 bridgehead atoms. The van der Waals surface area contributed by atoms with Crippen molar-refractivity contribution in [1.29, 1.82) is 0 Å². The van der Waals surface area contributed by atoms with Gasteiger partial charge in [-0.15, -0.1) is 0 Å². The number of hydrogen-bond acceptors (Lipinski definition) is 4. The lowest BCUT2D eigenvalue weighted by Crippen LogP contribution is -2.50. The Bertz CT molecular complexity index is 451. The van der Waals surface area contributed by atoms with Crippen molar-refractivity contribution >= 4 is 11.8 Å². The fraction of sp³-hybridized carbons (Fsp3) is 0.867. The molecule has 1 aliphatic carbocycles. The molecular weight excluding hydrogens is 310 g/mol. The van der Waals surface area contributed by atoms with Crippen LogP contribution in [0.1, 0.15) is 32.1 Å². The largest absolute Gasteiger partial charge is 0.385 e. The molecule has 2 aliphatic rings. The van der Waals surface area contributed by atoms with Crippen molar-refractivity contribution in [2.24, 2.45) is 5.92 Å². The molecule has 1 saturated carbocycles. The Morgan fingerprint density at radius 3 is 2.61 bits per heavy atom. The summed E-state index contributed by atoms with van der Waals surface area (Å²) < 4.78 is 31.8. The zero-order valence-electron chi connectivity index (χ0n) is 13.3.